The molecule has 0 saturated carbocycles. The van der Waals surface area contributed by atoms with Crippen LogP contribution in [-0.4, -0.2) is 31.7 Å². The zero-order valence-corrected chi connectivity index (χ0v) is 19.1. The molecule has 1 aliphatic heterocycles. The molecule has 162 valence electrons. The standard InChI is InChI=1S/C23H29ClN2O3S/c1-3-21(18-10-8-17(2)9-11-18)25-23(27)19-12-13-20(24)22(16-19)30(28,29)26-14-6-4-5-7-15-26/h8-13,16,21H,3-7,14-15H2,1-2H3,(H,25,27). The Morgan fingerprint density at radius 1 is 1.07 bits per heavy atom. The van der Waals surface area contributed by atoms with E-state index in [1.807, 2.05) is 38.1 Å². The molecule has 1 unspecified atom stereocenters. The maximum absolute atomic E-state index is 13.2. The topological polar surface area (TPSA) is 66.5 Å². The van der Waals surface area contributed by atoms with Gasteiger partial charge in [0.1, 0.15) is 4.90 Å². The largest absolute Gasteiger partial charge is 0.345 e. The zero-order valence-electron chi connectivity index (χ0n) is 17.5. The fourth-order valence-corrected chi connectivity index (χ4v) is 5.74. The van der Waals surface area contributed by atoms with Crippen LogP contribution in [0, 0.1) is 6.92 Å². The Balaban J connectivity index is 1.84. The van der Waals surface area contributed by atoms with Gasteiger partial charge >= 0.3 is 0 Å². The molecule has 0 spiro atoms. The molecule has 1 amide bonds. The van der Waals surface area contributed by atoms with Crippen molar-refractivity contribution in [1.29, 1.82) is 0 Å². The average Bonchev–Trinajstić information content (AvgIpc) is 3.03. The Labute approximate surface area is 184 Å². The maximum atomic E-state index is 13.2. The van der Waals surface area contributed by atoms with Crippen LogP contribution >= 0.6 is 11.6 Å². The fourth-order valence-electron chi connectivity index (χ4n) is 3.72. The van der Waals surface area contributed by atoms with Crippen LogP contribution in [0.2, 0.25) is 5.02 Å². The van der Waals surface area contributed by atoms with E-state index in [0.717, 1.165) is 43.2 Å². The number of sulfonamides is 1. The monoisotopic (exact) mass is 448 g/mol. The Bertz CT molecular complexity index is 982. The summed E-state index contributed by atoms with van der Waals surface area (Å²) in [6, 6.07) is 12.3. The number of hydrogen-bond donors (Lipinski definition) is 1. The summed E-state index contributed by atoms with van der Waals surface area (Å²) in [7, 11) is -3.74. The van der Waals surface area contributed by atoms with Crippen molar-refractivity contribution in [3.8, 4) is 0 Å². The van der Waals surface area contributed by atoms with Crippen LogP contribution in [0.3, 0.4) is 0 Å². The molecule has 1 aliphatic rings. The van der Waals surface area contributed by atoms with Crippen LogP contribution in [0.15, 0.2) is 47.4 Å². The molecule has 0 aliphatic carbocycles. The number of carbonyl (C=O) groups is 1. The molecule has 1 N–H and O–H groups in total. The Morgan fingerprint density at radius 2 is 1.70 bits per heavy atom. The van der Waals surface area contributed by atoms with Gasteiger partial charge in [-0.05, 0) is 49.9 Å². The van der Waals surface area contributed by atoms with Gasteiger partial charge in [0.05, 0.1) is 11.1 Å². The fraction of sp³-hybridized carbons (Fsp3) is 0.435. The number of benzene rings is 2. The second-order valence-electron chi connectivity index (χ2n) is 7.81. The third-order valence-corrected chi connectivity index (χ3v) is 7.95. The van der Waals surface area contributed by atoms with Crippen molar-refractivity contribution in [3.05, 3.63) is 64.2 Å². The van der Waals surface area contributed by atoms with Gasteiger partial charge in [-0.2, -0.15) is 4.31 Å². The molecule has 1 fully saturated rings. The van der Waals surface area contributed by atoms with Crippen molar-refractivity contribution < 1.29 is 13.2 Å². The number of nitrogens with zero attached hydrogens (tertiary/aromatic N) is 1. The molecule has 7 heteroatoms. The lowest BCUT2D eigenvalue weighted by Gasteiger charge is -2.21. The molecule has 1 heterocycles. The van der Waals surface area contributed by atoms with E-state index in [4.69, 9.17) is 11.6 Å². The number of hydrogen-bond acceptors (Lipinski definition) is 3. The summed E-state index contributed by atoms with van der Waals surface area (Å²) < 4.78 is 27.8. The molecule has 30 heavy (non-hydrogen) atoms. The molecule has 0 aromatic heterocycles. The summed E-state index contributed by atoms with van der Waals surface area (Å²) >= 11 is 6.25. The molecular weight excluding hydrogens is 420 g/mol. The van der Waals surface area contributed by atoms with Gasteiger partial charge in [0, 0.05) is 18.7 Å². The highest BCUT2D eigenvalue weighted by Crippen LogP contribution is 2.28. The normalized spacial score (nSPS) is 16.6. The van der Waals surface area contributed by atoms with Crippen molar-refractivity contribution in [3.63, 3.8) is 0 Å². The summed E-state index contributed by atoms with van der Waals surface area (Å²) in [5, 5.41) is 3.16. The van der Waals surface area contributed by atoms with E-state index in [0.29, 0.717) is 18.7 Å². The van der Waals surface area contributed by atoms with E-state index in [1.54, 1.807) is 6.07 Å². The van der Waals surface area contributed by atoms with Gasteiger partial charge in [-0.15, -0.1) is 0 Å². The number of halogens is 1. The maximum Gasteiger partial charge on any atom is 0.251 e. The highest BCUT2D eigenvalue weighted by Gasteiger charge is 2.28. The second-order valence-corrected chi connectivity index (χ2v) is 10.1. The zero-order chi connectivity index (χ0) is 21.7. The summed E-state index contributed by atoms with van der Waals surface area (Å²) in [6.45, 7) is 4.99. The van der Waals surface area contributed by atoms with Crippen molar-refractivity contribution in [2.45, 2.75) is 56.9 Å². The SMILES string of the molecule is CCC(NC(=O)c1ccc(Cl)c(S(=O)(=O)N2CCCCCC2)c1)c1ccc(C)cc1. The first-order valence-electron chi connectivity index (χ1n) is 10.5. The molecule has 0 bridgehead atoms. The third kappa shape index (κ3) is 5.23. The number of rotatable bonds is 6. The summed E-state index contributed by atoms with van der Waals surface area (Å²) in [4.78, 5) is 12.9. The molecule has 3 rings (SSSR count). The lowest BCUT2D eigenvalue weighted by Crippen LogP contribution is -2.32. The summed E-state index contributed by atoms with van der Waals surface area (Å²) in [5.41, 5.74) is 2.46. The van der Waals surface area contributed by atoms with Crippen LogP contribution in [0.5, 0.6) is 0 Å². The predicted molar refractivity (Wildman–Crippen MR) is 120 cm³/mol. The highest BCUT2D eigenvalue weighted by atomic mass is 35.5. The van der Waals surface area contributed by atoms with Gasteiger partial charge in [0.2, 0.25) is 10.0 Å². The number of amides is 1. The Hall–Kier alpha value is -1.89. The van der Waals surface area contributed by atoms with E-state index < -0.39 is 10.0 Å². The van der Waals surface area contributed by atoms with Crippen LogP contribution in [0.1, 0.15) is 66.6 Å². The molecule has 1 atom stereocenters. The molecule has 1 saturated heterocycles. The van der Waals surface area contributed by atoms with Gasteiger partial charge in [0.15, 0.2) is 0 Å². The average molecular weight is 449 g/mol. The first-order valence-corrected chi connectivity index (χ1v) is 12.3. The Morgan fingerprint density at radius 3 is 2.30 bits per heavy atom. The molecular formula is C23H29ClN2O3S. The van der Waals surface area contributed by atoms with Crippen LogP contribution in [0.4, 0.5) is 0 Å². The van der Waals surface area contributed by atoms with Crippen molar-refractivity contribution in [2.24, 2.45) is 0 Å². The summed E-state index contributed by atoms with van der Waals surface area (Å²) in [6.07, 6.45) is 4.46. The molecule has 2 aromatic carbocycles. The first kappa shape index (κ1) is 22.8. The molecule has 2 aromatic rings. The Kier molecular flexibility index (Phi) is 7.55. The van der Waals surface area contributed by atoms with Crippen molar-refractivity contribution >= 4 is 27.5 Å². The van der Waals surface area contributed by atoms with Gasteiger partial charge in [0.25, 0.3) is 5.91 Å². The third-order valence-electron chi connectivity index (χ3n) is 5.57. The molecule has 5 nitrogen and oxygen atoms in total. The van der Waals surface area contributed by atoms with Gasteiger partial charge in [-0.1, -0.05) is 61.2 Å². The number of carbonyl (C=O) groups excluding carboxylic acids is 1. The molecule has 0 radical (unpaired) electrons. The number of nitrogens with one attached hydrogen (secondary N) is 1. The quantitative estimate of drug-likeness (QED) is 0.668. The number of aryl methyl sites for hydroxylation is 1. The van der Waals surface area contributed by atoms with Crippen LogP contribution in [0.25, 0.3) is 0 Å². The van der Waals surface area contributed by atoms with Crippen LogP contribution in [-0.2, 0) is 10.0 Å². The van der Waals surface area contributed by atoms with E-state index >= 15 is 0 Å². The first-order chi connectivity index (χ1) is 14.3. The van der Waals surface area contributed by atoms with E-state index in [2.05, 4.69) is 5.32 Å². The smallest absolute Gasteiger partial charge is 0.251 e. The lowest BCUT2D eigenvalue weighted by molar-refractivity contribution is 0.0935. The minimum Gasteiger partial charge on any atom is -0.345 e. The van der Waals surface area contributed by atoms with E-state index in [1.165, 1.54) is 16.4 Å². The van der Waals surface area contributed by atoms with Gasteiger partial charge in [-0.3, -0.25) is 4.79 Å². The van der Waals surface area contributed by atoms with E-state index in [-0.39, 0.29) is 21.9 Å². The minimum atomic E-state index is -3.74. The van der Waals surface area contributed by atoms with Crippen molar-refractivity contribution in [2.75, 3.05) is 13.1 Å². The van der Waals surface area contributed by atoms with Crippen molar-refractivity contribution in [1.82, 2.24) is 9.62 Å². The van der Waals surface area contributed by atoms with Gasteiger partial charge < -0.3 is 5.32 Å². The summed E-state index contributed by atoms with van der Waals surface area (Å²) in [5.74, 6) is -0.314. The van der Waals surface area contributed by atoms with E-state index in [9.17, 15) is 13.2 Å². The minimum absolute atomic E-state index is 0.00195. The second kappa shape index (κ2) is 9.94. The highest BCUT2D eigenvalue weighted by molar-refractivity contribution is 7.89. The van der Waals surface area contributed by atoms with Crippen LogP contribution < -0.4 is 5.32 Å². The lowest BCUT2D eigenvalue weighted by atomic mass is 10.0. The predicted octanol–water partition coefficient (Wildman–Crippen LogP) is 5.09. The van der Waals surface area contributed by atoms with Gasteiger partial charge in [-0.25, -0.2) is 8.42 Å².